The highest BCUT2D eigenvalue weighted by Gasteiger charge is 2.32. The fourth-order valence-electron chi connectivity index (χ4n) is 3.47. The van der Waals surface area contributed by atoms with E-state index in [0.717, 1.165) is 30.0 Å². The van der Waals surface area contributed by atoms with E-state index in [4.69, 9.17) is 4.84 Å². The lowest BCUT2D eigenvalue weighted by Gasteiger charge is -2.32. The summed E-state index contributed by atoms with van der Waals surface area (Å²) in [6, 6.07) is 9.03. The van der Waals surface area contributed by atoms with Crippen molar-refractivity contribution < 1.29 is 22.8 Å². The first kappa shape index (κ1) is 18.4. The van der Waals surface area contributed by atoms with Crippen molar-refractivity contribution in [2.75, 3.05) is 18.1 Å². The Morgan fingerprint density at radius 2 is 1.79 bits per heavy atom. The van der Waals surface area contributed by atoms with Gasteiger partial charge in [0.1, 0.15) is 17.3 Å². The number of benzene rings is 2. The van der Waals surface area contributed by atoms with Crippen LogP contribution in [0.4, 0.5) is 18.9 Å². The molecule has 5 nitrogen and oxygen atoms in total. The van der Waals surface area contributed by atoms with Crippen LogP contribution in [-0.4, -0.2) is 23.9 Å². The number of halogens is 3. The molecular weight excluding hydrogens is 371 g/mol. The molecule has 2 aliphatic rings. The highest BCUT2D eigenvalue weighted by Crippen LogP contribution is 2.31. The molecule has 1 saturated heterocycles. The summed E-state index contributed by atoms with van der Waals surface area (Å²) in [6.07, 6.45) is 3.03. The van der Waals surface area contributed by atoms with Crippen LogP contribution < -0.4 is 10.6 Å². The molecule has 4 rings (SSSR count). The molecule has 0 radical (unpaired) electrons. The number of rotatable bonds is 3. The molecule has 0 saturated carbocycles. The van der Waals surface area contributed by atoms with E-state index in [1.807, 2.05) is 0 Å². The highest BCUT2D eigenvalue weighted by molar-refractivity contribution is 5.94. The molecule has 0 spiro atoms. The summed E-state index contributed by atoms with van der Waals surface area (Å²) in [5.74, 6) is -1.64. The molecule has 1 atom stereocenters. The Bertz CT molecular complexity index is 897. The van der Waals surface area contributed by atoms with Gasteiger partial charge in [-0.3, -0.25) is 4.79 Å². The van der Waals surface area contributed by atoms with Crippen molar-refractivity contribution in [2.24, 2.45) is 5.92 Å². The Kier molecular flexibility index (Phi) is 4.95. The first-order valence-electron chi connectivity index (χ1n) is 8.95. The van der Waals surface area contributed by atoms with Crippen molar-refractivity contribution >= 4 is 11.6 Å². The molecule has 2 aromatic carbocycles. The molecule has 2 aromatic rings. The number of likely N-dealkylation sites (tertiary alicyclic amines) is 1. The summed E-state index contributed by atoms with van der Waals surface area (Å²) in [4.78, 5) is 19.8. The zero-order chi connectivity index (χ0) is 19.7. The molecule has 1 amide bonds. The van der Waals surface area contributed by atoms with Gasteiger partial charge in [0.05, 0.1) is 6.20 Å². The summed E-state index contributed by atoms with van der Waals surface area (Å²) in [7, 11) is 0. The Morgan fingerprint density at radius 3 is 2.50 bits per heavy atom. The molecule has 146 valence electrons. The quantitative estimate of drug-likeness (QED) is 0.869. The van der Waals surface area contributed by atoms with Crippen molar-refractivity contribution in [1.82, 2.24) is 10.5 Å². The van der Waals surface area contributed by atoms with E-state index < -0.39 is 17.5 Å². The number of hydrogen-bond acceptors (Lipinski definition) is 4. The van der Waals surface area contributed by atoms with Crippen molar-refractivity contribution in [2.45, 2.75) is 12.8 Å². The van der Waals surface area contributed by atoms with Crippen molar-refractivity contribution in [3.8, 4) is 0 Å². The van der Waals surface area contributed by atoms with Crippen LogP contribution in [0.5, 0.6) is 0 Å². The van der Waals surface area contributed by atoms with Gasteiger partial charge < -0.3 is 9.74 Å². The van der Waals surface area contributed by atoms with Gasteiger partial charge in [0.2, 0.25) is 0 Å². The normalized spacial score (nSPS) is 19.4. The monoisotopic (exact) mass is 389 g/mol. The van der Waals surface area contributed by atoms with Crippen LogP contribution in [0.15, 0.2) is 54.4 Å². The minimum absolute atomic E-state index is 0.120. The summed E-state index contributed by atoms with van der Waals surface area (Å²) < 4.78 is 41.0. The second-order valence-electron chi connectivity index (χ2n) is 6.76. The van der Waals surface area contributed by atoms with E-state index in [1.165, 1.54) is 36.5 Å². The van der Waals surface area contributed by atoms with Gasteiger partial charge in [-0.15, -0.1) is 0 Å². The van der Waals surface area contributed by atoms with Gasteiger partial charge in [-0.1, -0.05) is 11.7 Å². The molecule has 8 heteroatoms. The Hall–Kier alpha value is -3.00. The van der Waals surface area contributed by atoms with E-state index in [1.54, 1.807) is 4.90 Å². The first-order valence-corrected chi connectivity index (χ1v) is 8.95. The number of piperidine rings is 1. The average molecular weight is 389 g/mol. The lowest BCUT2D eigenvalue weighted by atomic mass is 9.95. The fraction of sp³-hybridized carbons (Fsp3) is 0.250. The minimum Gasteiger partial charge on any atom is -0.391 e. The van der Waals surface area contributed by atoms with Crippen LogP contribution in [0.1, 0.15) is 23.2 Å². The summed E-state index contributed by atoms with van der Waals surface area (Å²) in [5, 5.41) is 1.15. The van der Waals surface area contributed by atoms with Gasteiger partial charge in [-0.05, 0) is 49.2 Å². The molecule has 1 fully saturated rings. The van der Waals surface area contributed by atoms with Gasteiger partial charge in [-0.2, -0.15) is 0 Å². The van der Waals surface area contributed by atoms with Crippen LogP contribution in [-0.2, 0) is 4.84 Å². The maximum atomic E-state index is 14.0. The van der Waals surface area contributed by atoms with Crippen LogP contribution in [0.3, 0.4) is 0 Å². The lowest BCUT2D eigenvalue weighted by molar-refractivity contribution is 0.0576. The second kappa shape index (κ2) is 7.55. The van der Waals surface area contributed by atoms with Crippen LogP contribution in [0.25, 0.3) is 0 Å². The zero-order valence-electron chi connectivity index (χ0n) is 14.9. The van der Waals surface area contributed by atoms with Crippen LogP contribution in [0, 0.1) is 23.4 Å². The smallest absolute Gasteiger partial charge is 0.253 e. The van der Waals surface area contributed by atoms with Crippen LogP contribution in [0.2, 0.25) is 0 Å². The molecule has 0 aliphatic carbocycles. The predicted octanol–water partition coefficient (Wildman–Crippen LogP) is 3.75. The maximum absolute atomic E-state index is 14.0. The SMILES string of the molecule is O=C(c1ccc(F)cc1)N1CCC[C@H](C2=CN(c3c(F)cccc3F)NO2)C1. The number of hydrogen-bond donors (Lipinski definition) is 1. The summed E-state index contributed by atoms with van der Waals surface area (Å²) >= 11 is 0. The zero-order valence-corrected chi connectivity index (χ0v) is 14.9. The fourth-order valence-corrected chi connectivity index (χ4v) is 3.47. The third kappa shape index (κ3) is 3.55. The summed E-state index contributed by atoms with van der Waals surface area (Å²) in [6.45, 7) is 0.983. The highest BCUT2D eigenvalue weighted by atomic mass is 19.1. The molecule has 1 N–H and O–H groups in total. The third-order valence-corrected chi connectivity index (χ3v) is 4.90. The Balaban J connectivity index is 1.49. The lowest BCUT2D eigenvalue weighted by Crippen LogP contribution is -2.40. The summed E-state index contributed by atoms with van der Waals surface area (Å²) in [5.41, 5.74) is 2.66. The van der Waals surface area contributed by atoms with Gasteiger partial charge in [-0.25, -0.2) is 18.2 Å². The molecule has 0 aromatic heterocycles. The number of nitrogens with one attached hydrogen (secondary N) is 1. The standard InChI is InChI=1S/C20H18F3N3O2/c21-15-8-6-13(7-9-15)20(27)25-10-2-3-14(11-25)18-12-26(24-28-18)19-16(22)4-1-5-17(19)23/h1,4-9,12,14,24H,2-3,10-11H2/t14-/m0/s1. The molecule has 0 bridgehead atoms. The first-order chi connectivity index (χ1) is 13.5. The molecular formula is C20H18F3N3O2. The second-order valence-corrected chi connectivity index (χ2v) is 6.76. The number of hydrazine groups is 1. The minimum atomic E-state index is -0.717. The number of carbonyl (C=O) groups excluding carboxylic acids is 1. The number of anilines is 1. The van der Waals surface area contributed by atoms with E-state index in [9.17, 15) is 18.0 Å². The van der Waals surface area contributed by atoms with E-state index in [2.05, 4.69) is 5.59 Å². The van der Waals surface area contributed by atoms with Gasteiger partial charge >= 0.3 is 0 Å². The van der Waals surface area contributed by atoms with E-state index in [-0.39, 0.29) is 17.5 Å². The van der Waals surface area contributed by atoms with Crippen LogP contribution >= 0.6 is 0 Å². The number of amides is 1. The number of carbonyl (C=O) groups is 1. The van der Waals surface area contributed by atoms with Crippen molar-refractivity contribution in [3.05, 3.63) is 77.4 Å². The number of para-hydroxylation sites is 1. The largest absolute Gasteiger partial charge is 0.391 e. The van der Waals surface area contributed by atoms with Crippen molar-refractivity contribution in [1.29, 1.82) is 0 Å². The Morgan fingerprint density at radius 1 is 1.07 bits per heavy atom. The van der Waals surface area contributed by atoms with E-state index >= 15 is 0 Å². The van der Waals surface area contributed by atoms with Crippen molar-refractivity contribution in [3.63, 3.8) is 0 Å². The molecule has 0 unspecified atom stereocenters. The molecule has 28 heavy (non-hydrogen) atoms. The van der Waals surface area contributed by atoms with Gasteiger partial charge in [0.25, 0.3) is 5.91 Å². The van der Waals surface area contributed by atoms with E-state index in [0.29, 0.717) is 24.4 Å². The maximum Gasteiger partial charge on any atom is 0.253 e. The Labute approximate surface area is 159 Å². The number of nitrogens with zero attached hydrogens (tertiary/aromatic N) is 2. The topological polar surface area (TPSA) is 44.8 Å². The molecule has 2 heterocycles. The third-order valence-electron chi connectivity index (χ3n) is 4.90. The predicted molar refractivity (Wildman–Crippen MR) is 96.2 cm³/mol. The molecule has 2 aliphatic heterocycles. The average Bonchev–Trinajstić information content (AvgIpc) is 3.18. The van der Waals surface area contributed by atoms with Gasteiger partial charge in [0, 0.05) is 24.6 Å². The van der Waals surface area contributed by atoms with Gasteiger partial charge in [0.15, 0.2) is 11.6 Å².